The van der Waals surface area contributed by atoms with Crippen molar-refractivity contribution in [2.45, 2.75) is 60.6 Å². The summed E-state index contributed by atoms with van der Waals surface area (Å²) in [6.45, 7) is 12.9. The largest absolute Gasteiger partial charge is 0.485 e. The number of halogens is 1. The first kappa shape index (κ1) is 25.6. The molecule has 4 rings (SSSR count). The highest BCUT2D eigenvalue weighted by Crippen LogP contribution is 2.32. The third kappa shape index (κ3) is 5.65. The molecule has 0 saturated heterocycles. The van der Waals surface area contributed by atoms with Crippen LogP contribution < -0.4 is 10.1 Å². The molecule has 0 aliphatic heterocycles. The molecule has 7 heteroatoms. The lowest BCUT2D eigenvalue weighted by Crippen LogP contribution is -2.12. The molecule has 0 unspecified atom stereocenters. The third-order valence-electron chi connectivity index (χ3n) is 6.24. The number of benzene rings is 2. The van der Waals surface area contributed by atoms with Crippen molar-refractivity contribution in [2.24, 2.45) is 0 Å². The highest BCUT2D eigenvalue weighted by Gasteiger charge is 2.18. The molecule has 0 bridgehead atoms. The lowest BCUT2D eigenvalue weighted by Gasteiger charge is -2.15. The number of hydrogen-bond donors (Lipinski definition) is 1. The van der Waals surface area contributed by atoms with Crippen LogP contribution in [0.4, 0.5) is 5.69 Å². The minimum Gasteiger partial charge on any atom is -0.485 e. The van der Waals surface area contributed by atoms with E-state index in [1.165, 1.54) is 5.56 Å². The highest BCUT2D eigenvalue weighted by atomic mass is 35.5. The van der Waals surface area contributed by atoms with E-state index in [9.17, 15) is 4.79 Å². The van der Waals surface area contributed by atoms with Crippen LogP contribution in [0.25, 0.3) is 0 Å². The molecule has 0 saturated carbocycles. The molecule has 2 aromatic heterocycles. The van der Waals surface area contributed by atoms with Crippen molar-refractivity contribution in [3.63, 3.8) is 0 Å². The van der Waals surface area contributed by atoms with E-state index >= 15 is 0 Å². The molecule has 0 aliphatic rings. The van der Waals surface area contributed by atoms with E-state index in [0.717, 1.165) is 38.9 Å². The zero-order valence-corrected chi connectivity index (χ0v) is 22.4. The van der Waals surface area contributed by atoms with E-state index in [4.69, 9.17) is 20.8 Å². The molecule has 0 radical (unpaired) electrons. The summed E-state index contributed by atoms with van der Waals surface area (Å²) in [6.07, 6.45) is 0. The number of carbonyl (C=O) groups excluding carboxylic acids is 1. The van der Waals surface area contributed by atoms with E-state index in [-0.39, 0.29) is 24.2 Å². The average Bonchev–Trinajstić information content (AvgIpc) is 3.41. The molecule has 2 aromatic carbocycles. The van der Waals surface area contributed by atoms with Gasteiger partial charge in [0.05, 0.1) is 23.6 Å². The number of nitrogens with zero attached hydrogens (tertiary/aromatic N) is 2. The Morgan fingerprint density at radius 3 is 2.50 bits per heavy atom. The summed E-state index contributed by atoms with van der Waals surface area (Å²) in [7, 11) is 0. The molecule has 0 atom stereocenters. The van der Waals surface area contributed by atoms with Crippen molar-refractivity contribution < 1.29 is 13.9 Å². The van der Waals surface area contributed by atoms with Crippen LogP contribution in [-0.4, -0.2) is 15.7 Å². The predicted octanol–water partition coefficient (Wildman–Crippen LogP) is 7.37. The second-order valence-corrected chi connectivity index (χ2v) is 9.90. The quantitative estimate of drug-likeness (QED) is 0.271. The smallest absolute Gasteiger partial charge is 0.291 e. The monoisotopic (exact) mass is 505 g/mol. The maximum absolute atomic E-state index is 12.9. The fourth-order valence-corrected chi connectivity index (χ4v) is 4.22. The van der Waals surface area contributed by atoms with E-state index in [2.05, 4.69) is 55.5 Å². The van der Waals surface area contributed by atoms with Crippen LogP contribution in [-0.2, 0) is 13.2 Å². The van der Waals surface area contributed by atoms with Gasteiger partial charge in [-0.2, -0.15) is 5.10 Å². The van der Waals surface area contributed by atoms with Gasteiger partial charge in [0.25, 0.3) is 5.91 Å². The number of furan rings is 1. The lowest BCUT2D eigenvalue weighted by molar-refractivity contribution is 0.0992. The van der Waals surface area contributed by atoms with Gasteiger partial charge in [0, 0.05) is 5.02 Å². The van der Waals surface area contributed by atoms with Crippen molar-refractivity contribution in [2.75, 3.05) is 5.32 Å². The van der Waals surface area contributed by atoms with Gasteiger partial charge in [-0.3, -0.25) is 9.48 Å². The molecule has 1 N–H and O–H groups in total. The van der Waals surface area contributed by atoms with Crippen LogP contribution >= 0.6 is 11.6 Å². The number of anilines is 1. The molecule has 4 aromatic rings. The second kappa shape index (κ2) is 10.6. The molecule has 1 amide bonds. The Morgan fingerprint density at radius 1 is 1.08 bits per heavy atom. The summed E-state index contributed by atoms with van der Waals surface area (Å²) in [4.78, 5) is 12.9. The number of hydrogen-bond acceptors (Lipinski definition) is 4. The van der Waals surface area contributed by atoms with Crippen molar-refractivity contribution in [3.8, 4) is 5.75 Å². The van der Waals surface area contributed by atoms with Gasteiger partial charge < -0.3 is 14.5 Å². The fraction of sp³-hybridized carbons (Fsp3) is 0.310. The minimum atomic E-state index is -0.326. The first-order valence-corrected chi connectivity index (χ1v) is 12.4. The Balaban J connectivity index is 1.43. The van der Waals surface area contributed by atoms with Gasteiger partial charge >= 0.3 is 0 Å². The van der Waals surface area contributed by atoms with Gasteiger partial charge in [0.15, 0.2) is 5.76 Å². The molecule has 188 valence electrons. The lowest BCUT2D eigenvalue weighted by atomic mass is 10.0. The predicted molar refractivity (Wildman–Crippen MR) is 143 cm³/mol. The van der Waals surface area contributed by atoms with E-state index in [1.54, 1.807) is 12.1 Å². The topological polar surface area (TPSA) is 69.3 Å². The standard InChI is InChI=1S/C29H32ClN3O3/c1-17(2)24-14-25(30)19(4)13-27(24)35-16-23-11-12-26(36-23)29(34)31-28-20(5)32-33(21(28)6)15-22-9-7-18(3)8-10-22/h7-14,17H,15-16H2,1-6H3,(H,31,34). The van der Waals surface area contributed by atoms with Crippen molar-refractivity contribution in [3.05, 3.63) is 98.7 Å². The molecular weight excluding hydrogens is 474 g/mol. The molecule has 0 aliphatic carbocycles. The van der Waals surface area contributed by atoms with E-state index in [0.29, 0.717) is 18.0 Å². The number of nitrogens with one attached hydrogen (secondary N) is 1. The molecule has 0 fully saturated rings. The Hall–Kier alpha value is -3.51. The van der Waals surface area contributed by atoms with Crippen LogP contribution in [0, 0.1) is 27.7 Å². The summed E-state index contributed by atoms with van der Waals surface area (Å²) >= 11 is 6.30. The van der Waals surface area contributed by atoms with E-state index in [1.807, 2.05) is 37.6 Å². The maximum Gasteiger partial charge on any atom is 0.291 e. The molecule has 36 heavy (non-hydrogen) atoms. The third-order valence-corrected chi connectivity index (χ3v) is 6.65. The molecule has 0 spiro atoms. The SMILES string of the molecule is Cc1ccc(Cn2nc(C)c(NC(=O)c3ccc(COc4cc(C)c(Cl)cc4C(C)C)o3)c2C)cc1. The number of ether oxygens (including phenoxy) is 1. The van der Waals surface area contributed by atoms with Crippen molar-refractivity contribution in [1.82, 2.24) is 9.78 Å². The van der Waals surface area contributed by atoms with Crippen LogP contribution in [0.3, 0.4) is 0 Å². The number of carbonyl (C=O) groups is 1. The summed E-state index contributed by atoms with van der Waals surface area (Å²) in [5.41, 5.74) is 6.67. The Morgan fingerprint density at radius 2 is 1.81 bits per heavy atom. The van der Waals surface area contributed by atoms with Gasteiger partial charge in [-0.15, -0.1) is 0 Å². The zero-order chi connectivity index (χ0) is 26.0. The fourth-order valence-electron chi connectivity index (χ4n) is 4.05. The van der Waals surface area contributed by atoms with Crippen LogP contribution in [0.5, 0.6) is 5.75 Å². The number of amides is 1. The summed E-state index contributed by atoms with van der Waals surface area (Å²) in [5, 5.41) is 8.30. The maximum atomic E-state index is 12.9. The molecular formula is C29H32ClN3O3. The van der Waals surface area contributed by atoms with Gasteiger partial charge in [-0.1, -0.05) is 55.3 Å². The average molecular weight is 506 g/mol. The summed E-state index contributed by atoms with van der Waals surface area (Å²) < 4.78 is 13.7. The second-order valence-electron chi connectivity index (χ2n) is 9.49. The first-order chi connectivity index (χ1) is 17.1. The number of aromatic nitrogens is 2. The number of rotatable bonds is 8. The molecule has 2 heterocycles. The minimum absolute atomic E-state index is 0.209. The van der Waals surface area contributed by atoms with Crippen LogP contribution in [0.1, 0.15) is 69.7 Å². The van der Waals surface area contributed by atoms with Gasteiger partial charge in [-0.25, -0.2) is 0 Å². The summed E-state index contributed by atoms with van der Waals surface area (Å²) in [5.74, 6) is 1.48. The van der Waals surface area contributed by atoms with E-state index < -0.39 is 0 Å². The Bertz CT molecular complexity index is 1380. The van der Waals surface area contributed by atoms with Gasteiger partial charge in [-0.05, 0) is 74.6 Å². The van der Waals surface area contributed by atoms with Gasteiger partial charge in [0.2, 0.25) is 0 Å². The van der Waals surface area contributed by atoms with Crippen molar-refractivity contribution >= 4 is 23.2 Å². The Labute approximate surface area is 217 Å². The zero-order valence-electron chi connectivity index (χ0n) is 21.6. The normalized spacial score (nSPS) is 11.2. The van der Waals surface area contributed by atoms with Crippen molar-refractivity contribution in [1.29, 1.82) is 0 Å². The first-order valence-electron chi connectivity index (χ1n) is 12.0. The summed E-state index contributed by atoms with van der Waals surface area (Å²) in [6, 6.07) is 15.6. The molecule has 6 nitrogen and oxygen atoms in total. The van der Waals surface area contributed by atoms with Gasteiger partial charge in [0.1, 0.15) is 18.1 Å². The Kier molecular flexibility index (Phi) is 7.55. The number of aryl methyl sites for hydroxylation is 3. The highest BCUT2D eigenvalue weighted by molar-refractivity contribution is 6.31. The van der Waals surface area contributed by atoms with Crippen LogP contribution in [0.2, 0.25) is 5.02 Å². The van der Waals surface area contributed by atoms with Crippen LogP contribution in [0.15, 0.2) is 52.9 Å².